The average molecular weight is 201 g/mol. The molecule has 0 saturated carbocycles. The molecule has 0 aliphatic heterocycles. The molecule has 0 radical (unpaired) electrons. The lowest BCUT2D eigenvalue weighted by Gasteiger charge is -2.09. The Kier molecular flexibility index (Phi) is 2.37. The summed E-state index contributed by atoms with van der Waals surface area (Å²) in [6.45, 7) is 1.68. The van der Waals surface area contributed by atoms with E-state index >= 15 is 0 Å². The summed E-state index contributed by atoms with van der Waals surface area (Å²) in [5.74, 6) is -1.32. The van der Waals surface area contributed by atoms with E-state index in [2.05, 4.69) is 4.98 Å². The molecule has 0 fully saturated rings. The summed E-state index contributed by atoms with van der Waals surface area (Å²) in [4.78, 5) is 15.1. The Morgan fingerprint density at radius 1 is 1.33 bits per heavy atom. The first-order chi connectivity index (χ1) is 7.20. The minimum atomic E-state index is -0.814. The molecule has 0 aliphatic carbocycles. The molecule has 0 bridgehead atoms. The van der Waals surface area contributed by atoms with Gasteiger partial charge in [0.1, 0.15) is 0 Å². The first-order valence-electron chi connectivity index (χ1n) is 4.76. The smallest absolute Gasteiger partial charge is 0.310 e. The molecular formula is C12H11NO2. The summed E-state index contributed by atoms with van der Waals surface area (Å²) in [6.07, 6.45) is 1.71. The first-order valence-corrected chi connectivity index (χ1v) is 4.76. The van der Waals surface area contributed by atoms with Crippen LogP contribution in [-0.2, 0) is 4.79 Å². The number of hydrogen-bond acceptors (Lipinski definition) is 2. The largest absolute Gasteiger partial charge is 0.481 e. The second-order valence-corrected chi connectivity index (χ2v) is 3.48. The second-order valence-electron chi connectivity index (χ2n) is 3.48. The fourth-order valence-electron chi connectivity index (χ4n) is 1.64. The van der Waals surface area contributed by atoms with Crippen molar-refractivity contribution in [2.24, 2.45) is 0 Å². The molecule has 1 atom stereocenters. The lowest BCUT2D eigenvalue weighted by atomic mass is 9.97. The van der Waals surface area contributed by atoms with Crippen molar-refractivity contribution in [1.29, 1.82) is 0 Å². The van der Waals surface area contributed by atoms with Gasteiger partial charge < -0.3 is 5.11 Å². The molecule has 1 N–H and O–H groups in total. The van der Waals surface area contributed by atoms with Gasteiger partial charge in [0.2, 0.25) is 0 Å². The highest BCUT2D eigenvalue weighted by Crippen LogP contribution is 2.24. The van der Waals surface area contributed by atoms with E-state index in [9.17, 15) is 4.79 Å². The minimum absolute atomic E-state index is 0.502. The maximum absolute atomic E-state index is 10.9. The lowest BCUT2D eigenvalue weighted by molar-refractivity contribution is -0.138. The van der Waals surface area contributed by atoms with Crippen LogP contribution in [-0.4, -0.2) is 16.1 Å². The summed E-state index contributed by atoms with van der Waals surface area (Å²) in [6, 6.07) is 9.28. The molecule has 0 unspecified atom stereocenters. The molecule has 0 amide bonds. The predicted octanol–water partition coefficient (Wildman–Crippen LogP) is 2.42. The molecule has 3 heteroatoms. The summed E-state index contributed by atoms with van der Waals surface area (Å²) >= 11 is 0. The van der Waals surface area contributed by atoms with E-state index in [1.807, 2.05) is 30.3 Å². The Balaban J connectivity index is 2.65. The van der Waals surface area contributed by atoms with Gasteiger partial charge in [-0.1, -0.05) is 18.2 Å². The van der Waals surface area contributed by atoms with Crippen LogP contribution in [0.3, 0.4) is 0 Å². The van der Waals surface area contributed by atoms with Crippen molar-refractivity contribution < 1.29 is 9.90 Å². The number of carboxylic acids is 1. The molecule has 2 rings (SSSR count). The Labute approximate surface area is 87.4 Å². The molecule has 0 aliphatic rings. The van der Waals surface area contributed by atoms with Crippen LogP contribution in [0, 0.1) is 0 Å². The van der Waals surface area contributed by atoms with E-state index in [1.165, 1.54) is 0 Å². The maximum Gasteiger partial charge on any atom is 0.310 e. The molecule has 15 heavy (non-hydrogen) atoms. The van der Waals surface area contributed by atoms with E-state index in [-0.39, 0.29) is 0 Å². The Bertz CT molecular complexity index is 502. The lowest BCUT2D eigenvalue weighted by Crippen LogP contribution is -2.07. The van der Waals surface area contributed by atoms with Crippen LogP contribution in [0.5, 0.6) is 0 Å². The summed E-state index contributed by atoms with van der Waals surface area (Å²) in [5, 5.41) is 9.89. The van der Waals surface area contributed by atoms with Crippen molar-refractivity contribution >= 4 is 16.9 Å². The van der Waals surface area contributed by atoms with Crippen molar-refractivity contribution in [1.82, 2.24) is 4.98 Å². The van der Waals surface area contributed by atoms with Crippen LogP contribution in [0.1, 0.15) is 18.4 Å². The van der Waals surface area contributed by atoms with Crippen molar-refractivity contribution in [3.05, 3.63) is 42.1 Å². The fraction of sp³-hybridized carbons (Fsp3) is 0.167. The van der Waals surface area contributed by atoms with Crippen LogP contribution in [0.4, 0.5) is 0 Å². The number of fused-ring (bicyclic) bond motifs is 1. The van der Waals surface area contributed by atoms with Crippen molar-refractivity contribution in [2.75, 3.05) is 0 Å². The third-order valence-corrected chi connectivity index (χ3v) is 2.52. The highest BCUT2D eigenvalue weighted by molar-refractivity contribution is 5.88. The van der Waals surface area contributed by atoms with Gasteiger partial charge in [-0.3, -0.25) is 9.78 Å². The SMILES string of the molecule is C[C@@H](C(=O)O)c1cccc2ncccc12. The van der Waals surface area contributed by atoms with Crippen molar-refractivity contribution in [3.63, 3.8) is 0 Å². The molecule has 0 saturated heterocycles. The van der Waals surface area contributed by atoms with E-state index < -0.39 is 11.9 Å². The second kappa shape index (κ2) is 3.69. The molecule has 1 aromatic heterocycles. The van der Waals surface area contributed by atoms with Gasteiger partial charge in [-0.15, -0.1) is 0 Å². The van der Waals surface area contributed by atoms with Gasteiger partial charge in [0.05, 0.1) is 11.4 Å². The third-order valence-electron chi connectivity index (χ3n) is 2.52. The zero-order chi connectivity index (χ0) is 10.8. The summed E-state index contributed by atoms with van der Waals surface area (Å²) < 4.78 is 0. The van der Waals surface area contributed by atoms with E-state index in [0.29, 0.717) is 0 Å². The topological polar surface area (TPSA) is 50.2 Å². The number of hydrogen-bond donors (Lipinski definition) is 1. The quantitative estimate of drug-likeness (QED) is 0.811. The molecule has 1 heterocycles. The predicted molar refractivity (Wildman–Crippen MR) is 57.8 cm³/mol. The van der Waals surface area contributed by atoms with Crippen LogP contribution in [0.25, 0.3) is 10.9 Å². The Morgan fingerprint density at radius 3 is 2.87 bits per heavy atom. The normalized spacial score (nSPS) is 12.6. The molecular weight excluding hydrogens is 190 g/mol. The van der Waals surface area contributed by atoms with Crippen LogP contribution >= 0.6 is 0 Å². The highest BCUT2D eigenvalue weighted by atomic mass is 16.4. The molecule has 1 aromatic carbocycles. The standard InChI is InChI=1S/C12H11NO2/c1-8(12(14)15)9-4-2-6-11-10(9)5-3-7-13-11/h2-8H,1H3,(H,14,15)/t8-/m1/s1. The molecule has 2 aromatic rings. The van der Waals surface area contributed by atoms with Gasteiger partial charge in [-0.2, -0.15) is 0 Å². The Hall–Kier alpha value is -1.90. The van der Waals surface area contributed by atoms with Gasteiger partial charge in [0.15, 0.2) is 0 Å². The van der Waals surface area contributed by atoms with E-state index in [1.54, 1.807) is 13.1 Å². The van der Waals surface area contributed by atoms with E-state index in [0.717, 1.165) is 16.5 Å². The number of nitrogens with zero attached hydrogens (tertiary/aromatic N) is 1. The maximum atomic E-state index is 10.9. The number of benzene rings is 1. The number of carboxylic acid groups (broad SMARTS) is 1. The van der Waals surface area contributed by atoms with Crippen LogP contribution in [0.2, 0.25) is 0 Å². The zero-order valence-corrected chi connectivity index (χ0v) is 8.34. The third kappa shape index (κ3) is 1.68. The number of aliphatic carboxylic acids is 1. The monoisotopic (exact) mass is 201 g/mol. The number of aromatic nitrogens is 1. The molecule has 0 spiro atoms. The number of pyridine rings is 1. The molecule has 3 nitrogen and oxygen atoms in total. The summed E-state index contributed by atoms with van der Waals surface area (Å²) in [5.41, 5.74) is 1.65. The zero-order valence-electron chi connectivity index (χ0n) is 8.34. The average Bonchev–Trinajstić information content (AvgIpc) is 2.27. The first kappa shape index (κ1) is 9.65. The number of carbonyl (C=O) groups is 1. The van der Waals surface area contributed by atoms with Crippen molar-refractivity contribution in [2.45, 2.75) is 12.8 Å². The van der Waals surface area contributed by atoms with Gasteiger partial charge >= 0.3 is 5.97 Å². The summed E-state index contributed by atoms with van der Waals surface area (Å²) in [7, 11) is 0. The van der Waals surface area contributed by atoms with E-state index in [4.69, 9.17) is 5.11 Å². The minimum Gasteiger partial charge on any atom is -0.481 e. The van der Waals surface area contributed by atoms with Gasteiger partial charge in [-0.05, 0) is 24.6 Å². The molecule has 76 valence electrons. The highest BCUT2D eigenvalue weighted by Gasteiger charge is 2.15. The fourth-order valence-corrected chi connectivity index (χ4v) is 1.64. The van der Waals surface area contributed by atoms with Crippen LogP contribution < -0.4 is 0 Å². The van der Waals surface area contributed by atoms with Gasteiger partial charge in [-0.25, -0.2) is 0 Å². The van der Waals surface area contributed by atoms with Crippen molar-refractivity contribution in [3.8, 4) is 0 Å². The van der Waals surface area contributed by atoms with Gasteiger partial charge in [0.25, 0.3) is 0 Å². The van der Waals surface area contributed by atoms with Gasteiger partial charge in [0, 0.05) is 11.6 Å². The number of rotatable bonds is 2. The Morgan fingerprint density at radius 2 is 2.13 bits per heavy atom. The van der Waals surface area contributed by atoms with Crippen LogP contribution in [0.15, 0.2) is 36.5 Å².